The number of hydrogen-bond donors (Lipinski definition) is 0. The molecule has 0 aromatic rings. The molecular weight excluding hydrogens is 315 g/mol. The maximum absolute atomic E-state index is 12.2. The van der Waals surface area contributed by atoms with E-state index in [0.29, 0.717) is 0 Å². The van der Waals surface area contributed by atoms with Crippen LogP contribution in [0.25, 0.3) is 0 Å². The monoisotopic (exact) mass is 338 g/mol. The molecule has 1 saturated carbocycles. The first-order chi connectivity index (χ1) is 7.52. The van der Waals surface area contributed by atoms with Crippen LogP contribution in [0.15, 0.2) is 0 Å². The van der Waals surface area contributed by atoms with E-state index >= 15 is 0 Å². The van der Waals surface area contributed by atoms with Crippen LogP contribution in [-0.4, -0.2) is 16.0 Å². The summed E-state index contributed by atoms with van der Waals surface area (Å²) in [5.41, 5.74) is -0.440. The van der Waals surface area contributed by atoms with Gasteiger partial charge in [0.25, 0.3) is 0 Å². The summed E-state index contributed by atoms with van der Waals surface area (Å²) in [5, 5.41) is 0. The highest BCUT2D eigenvalue weighted by Gasteiger charge is 2.41. The number of carbonyl (C=O) groups is 1. The Hall–Kier alpha value is 0.200. The predicted molar refractivity (Wildman–Crippen MR) is 74.9 cm³/mol. The Morgan fingerprint density at radius 1 is 1.38 bits per heavy atom. The van der Waals surface area contributed by atoms with Crippen molar-refractivity contribution in [2.24, 2.45) is 5.41 Å². The maximum Gasteiger partial charge on any atom is 0.313 e. The summed E-state index contributed by atoms with van der Waals surface area (Å²) in [4.78, 5) is 12.2. The average Bonchev–Trinajstić information content (AvgIpc) is 2.77. The molecule has 1 rings (SSSR count). The molecule has 1 aliphatic rings. The normalized spacial score (nSPS) is 22.8. The molecule has 0 aromatic carbocycles. The lowest BCUT2D eigenvalue weighted by Gasteiger charge is -2.33. The lowest BCUT2D eigenvalue weighted by atomic mass is 9.89. The Morgan fingerprint density at radius 3 is 2.31 bits per heavy atom. The number of esters is 1. The van der Waals surface area contributed by atoms with Gasteiger partial charge in [-0.3, -0.25) is 4.79 Å². The van der Waals surface area contributed by atoms with Crippen molar-refractivity contribution in [2.75, 3.05) is 4.43 Å². The summed E-state index contributed by atoms with van der Waals surface area (Å²) in [6.07, 6.45) is 6.32. The molecule has 0 radical (unpaired) electrons. The lowest BCUT2D eigenvalue weighted by Crippen LogP contribution is -2.39. The average molecular weight is 338 g/mol. The van der Waals surface area contributed by atoms with Crippen LogP contribution < -0.4 is 0 Å². The Labute approximate surface area is 113 Å². The Balaban J connectivity index is 2.68. The largest absolute Gasteiger partial charge is 0.459 e. The Kier molecular flexibility index (Phi) is 5.08. The highest BCUT2D eigenvalue weighted by Crippen LogP contribution is 2.38. The Bertz CT molecular complexity index is 240. The molecule has 0 heterocycles. The van der Waals surface area contributed by atoms with Crippen molar-refractivity contribution in [3.63, 3.8) is 0 Å². The number of alkyl halides is 1. The fraction of sp³-hybridized carbons (Fsp3) is 0.923. The zero-order valence-corrected chi connectivity index (χ0v) is 12.8. The topological polar surface area (TPSA) is 26.3 Å². The standard InChI is InChI=1S/C13H23IO2/c1-4-12(3,10-14)11(15)16-13(5-2)8-6-7-9-13/h4-10H2,1-3H3. The van der Waals surface area contributed by atoms with Crippen LogP contribution in [0.5, 0.6) is 0 Å². The second-order valence-electron chi connectivity index (χ2n) is 5.18. The van der Waals surface area contributed by atoms with E-state index in [2.05, 4.69) is 36.4 Å². The van der Waals surface area contributed by atoms with Crippen molar-refractivity contribution in [3.8, 4) is 0 Å². The van der Waals surface area contributed by atoms with Crippen LogP contribution in [-0.2, 0) is 9.53 Å². The molecular formula is C13H23IO2. The van der Waals surface area contributed by atoms with E-state index in [1.807, 2.05) is 6.92 Å². The number of rotatable bonds is 5. The zero-order chi connectivity index (χ0) is 12.2. The minimum absolute atomic E-state index is 0.00755. The highest BCUT2D eigenvalue weighted by atomic mass is 127. The van der Waals surface area contributed by atoms with E-state index in [4.69, 9.17) is 4.74 Å². The molecule has 1 atom stereocenters. The van der Waals surface area contributed by atoms with Crippen molar-refractivity contribution in [1.82, 2.24) is 0 Å². The molecule has 16 heavy (non-hydrogen) atoms. The van der Waals surface area contributed by atoms with Gasteiger partial charge in [0.15, 0.2) is 0 Å². The summed E-state index contributed by atoms with van der Waals surface area (Å²) in [6.45, 7) is 6.21. The van der Waals surface area contributed by atoms with Crippen LogP contribution in [0, 0.1) is 5.41 Å². The van der Waals surface area contributed by atoms with E-state index in [-0.39, 0.29) is 17.0 Å². The van der Waals surface area contributed by atoms with Crippen LogP contribution in [0.1, 0.15) is 59.3 Å². The van der Waals surface area contributed by atoms with E-state index < -0.39 is 0 Å². The predicted octanol–water partition coefficient (Wildman–Crippen LogP) is 4.10. The molecule has 0 aliphatic heterocycles. The minimum Gasteiger partial charge on any atom is -0.459 e. The fourth-order valence-electron chi connectivity index (χ4n) is 2.16. The maximum atomic E-state index is 12.2. The van der Waals surface area contributed by atoms with Gasteiger partial charge in [-0.1, -0.05) is 36.4 Å². The number of hydrogen-bond acceptors (Lipinski definition) is 2. The molecule has 2 nitrogen and oxygen atoms in total. The highest BCUT2D eigenvalue weighted by molar-refractivity contribution is 14.1. The van der Waals surface area contributed by atoms with E-state index in [1.54, 1.807) is 0 Å². The smallest absolute Gasteiger partial charge is 0.313 e. The van der Waals surface area contributed by atoms with Crippen molar-refractivity contribution in [3.05, 3.63) is 0 Å². The van der Waals surface area contributed by atoms with E-state index in [0.717, 1.165) is 30.1 Å². The van der Waals surface area contributed by atoms with Gasteiger partial charge in [0.2, 0.25) is 0 Å². The molecule has 3 heteroatoms. The van der Waals surface area contributed by atoms with E-state index in [1.165, 1.54) is 12.8 Å². The van der Waals surface area contributed by atoms with Gasteiger partial charge in [-0.15, -0.1) is 0 Å². The first-order valence-corrected chi connectivity index (χ1v) is 7.84. The molecule has 1 fully saturated rings. The van der Waals surface area contributed by atoms with Gasteiger partial charge in [0.05, 0.1) is 5.41 Å². The number of ether oxygens (including phenoxy) is 1. The van der Waals surface area contributed by atoms with Crippen LogP contribution >= 0.6 is 22.6 Å². The first-order valence-electron chi connectivity index (χ1n) is 6.31. The summed E-state index contributed by atoms with van der Waals surface area (Å²) in [5.74, 6) is 0.00755. The zero-order valence-electron chi connectivity index (χ0n) is 10.6. The van der Waals surface area contributed by atoms with Gasteiger partial charge in [0.1, 0.15) is 5.60 Å². The summed E-state index contributed by atoms with van der Waals surface area (Å²) in [6, 6.07) is 0. The third kappa shape index (κ3) is 2.90. The third-order valence-corrected chi connectivity index (χ3v) is 5.72. The van der Waals surface area contributed by atoms with Crippen LogP contribution in [0.3, 0.4) is 0 Å². The third-order valence-electron chi connectivity index (χ3n) is 4.04. The van der Waals surface area contributed by atoms with Crippen LogP contribution in [0.2, 0.25) is 0 Å². The lowest BCUT2D eigenvalue weighted by molar-refractivity contribution is -0.170. The molecule has 0 saturated heterocycles. The quantitative estimate of drug-likeness (QED) is 0.429. The molecule has 0 bridgehead atoms. The number of halogens is 1. The molecule has 0 spiro atoms. The van der Waals surface area contributed by atoms with Crippen LogP contribution in [0.4, 0.5) is 0 Å². The first kappa shape index (κ1) is 14.3. The summed E-state index contributed by atoms with van der Waals surface area (Å²) >= 11 is 2.28. The molecule has 1 aliphatic carbocycles. The van der Waals surface area contributed by atoms with Crippen molar-refractivity contribution >= 4 is 28.6 Å². The van der Waals surface area contributed by atoms with Gasteiger partial charge in [-0.25, -0.2) is 0 Å². The SMILES string of the molecule is CCC1(OC(=O)C(C)(CC)CI)CCCC1. The van der Waals surface area contributed by atoms with Gasteiger partial charge in [-0.05, 0) is 45.4 Å². The molecule has 94 valence electrons. The summed E-state index contributed by atoms with van der Waals surface area (Å²) < 4.78 is 6.68. The van der Waals surface area contributed by atoms with Gasteiger partial charge >= 0.3 is 5.97 Å². The molecule has 0 amide bonds. The van der Waals surface area contributed by atoms with Crippen molar-refractivity contribution < 1.29 is 9.53 Å². The van der Waals surface area contributed by atoms with Gasteiger partial charge < -0.3 is 4.74 Å². The van der Waals surface area contributed by atoms with Crippen molar-refractivity contribution in [1.29, 1.82) is 0 Å². The second-order valence-corrected chi connectivity index (χ2v) is 5.94. The second kappa shape index (κ2) is 5.69. The fourth-order valence-corrected chi connectivity index (χ4v) is 3.01. The number of carbonyl (C=O) groups excluding carboxylic acids is 1. The van der Waals surface area contributed by atoms with Gasteiger partial charge in [-0.2, -0.15) is 0 Å². The minimum atomic E-state index is -0.300. The molecule has 0 aromatic heterocycles. The summed E-state index contributed by atoms with van der Waals surface area (Å²) in [7, 11) is 0. The van der Waals surface area contributed by atoms with Gasteiger partial charge in [0, 0.05) is 4.43 Å². The molecule has 0 N–H and O–H groups in total. The Morgan fingerprint density at radius 2 is 1.94 bits per heavy atom. The molecule has 1 unspecified atom stereocenters. The van der Waals surface area contributed by atoms with E-state index in [9.17, 15) is 4.79 Å². The van der Waals surface area contributed by atoms with Crippen molar-refractivity contribution in [2.45, 2.75) is 64.9 Å².